The Morgan fingerprint density at radius 3 is 2.70 bits per heavy atom. The Bertz CT molecular complexity index is 759. The summed E-state index contributed by atoms with van der Waals surface area (Å²) >= 11 is 0. The van der Waals surface area contributed by atoms with Gasteiger partial charge in [-0.2, -0.15) is 0 Å². The molecule has 0 radical (unpaired) electrons. The van der Waals surface area contributed by atoms with Crippen molar-refractivity contribution in [3.63, 3.8) is 0 Å². The Morgan fingerprint density at radius 2 is 1.96 bits per heavy atom. The van der Waals surface area contributed by atoms with Crippen molar-refractivity contribution in [2.75, 3.05) is 6.61 Å². The number of aliphatic hydroxyl groups is 1. The van der Waals surface area contributed by atoms with Crippen LogP contribution >= 0.6 is 0 Å². The van der Waals surface area contributed by atoms with Gasteiger partial charge in [-0.15, -0.1) is 0 Å². The van der Waals surface area contributed by atoms with Crippen LogP contribution < -0.4 is 0 Å². The molecule has 2 saturated heterocycles. The number of nitrogens with zero attached hydrogens (tertiary/aromatic N) is 4. The normalized spacial score (nSPS) is 32.6. The molecule has 4 heterocycles. The second kappa shape index (κ2) is 4.94. The van der Waals surface area contributed by atoms with Crippen LogP contribution in [0.25, 0.3) is 11.2 Å². The summed E-state index contributed by atoms with van der Waals surface area (Å²) in [4.78, 5) is 13.2. The summed E-state index contributed by atoms with van der Waals surface area (Å²) in [6.07, 6.45) is 0.157. The fourth-order valence-corrected chi connectivity index (χ4v) is 3.41. The minimum absolute atomic E-state index is 0.128. The van der Waals surface area contributed by atoms with E-state index < -0.39 is 18.1 Å². The second-order valence-corrected chi connectivity index (χ2v) is 6.49. The van der Waals surface area contributed by atoms with E-state index in [1.807, 2.05) is 32.3 Å². The van der Waals surface area contributed by atoms with Gasteiger partial charge in [0.2, 0.25) is 0 Å². The van der Waals surface area contributed by atoms with Gasteiger partial charge in [0.1, 0.15) is 29.7 Å². The zero-order chi connectivity index (χ0) is 16.4. The number of aliphatic hydroxyl groups excluding tert-OH is 1. The number of hydrogen-bond donors (Lipinski definition) is 1. The highest BCUT2D eigenvalue weighted by atomic mass is 16.8. The first-order valence-electron chi connectivity index (χ1n) is 7.69. The molecule has 4 atom stereocenters. The van der Waals surface area contributed by atoms with Gasteiger partial charge in [0.15, 0.2) is 17.7 Å². The Morgan fingerprint density at radius 1 is 1.22 bits per heavy atom. The third-order valence-electron chi connectivity index (χ3n) is 4.29. The van der Waals surface area contributed by atoms with Gasteiger partial charge >= 0.3 is 0 Å². The number of aryl methyl sites for hydroxylation is 2. The summed E-state index contributed by atoms with van der Waals surface area (Å²) in [5, 5.41) is 9.59. The third kappa shape index (κ3) is 2.25. The maximum absolute atomic E-state index is 9.59. The van der Waals surface area contributed by atoms with Gasteiger partial charge in [0.25, 0.3) is 0 Å². The van der Waals surface area contributed by atoms with Crippen molar-refractivity contribution in [3.05, 3.63) is 17.8 Å². The number of imidazole rings is 1. The van der Waals surface area contributed by atoms with E-state index in [9.17, 15) is 5.11 Å². The van der Waals surface area contributed by atoms with Gasteiger partial charge in [-0.3, -0.25) is 4.57 Å². The molecular formula is C15H20N4O4. The lowest BCUT2D eigenvalue weighted by Crippen LogP contribution is -2.31. The molecular weight excluding hydrogens is 300 g/mol. The average molecular weight is 320 g/mol. The van der Waals surface area contributed by atoms with E-state index in [4.69, 9.17) is 14.2 Å². The zero-order valence-electron chi connectivity index (χ0n) is 13.6. The standard InChI is InChI=1S/C15H20N4O4/c1-7-10-13(18-8(2)17-7)19(6-16-10)14-12-11(9(5-20)21-14)22-15(3,4)23-12/h6,9,11-12,14,20H,5H2,1-4H3. The molecule has 1 N–H and O–H groups in total. The van der Waals surface area contributed by atoms with Crippen molar-refractivity contribution in [2.24, 2.45) is 0 Å². The van der Waals surface area contributed by atoms with E-state index in [1.54, 1.807) is 6.33 Å². The van der Waals surface area contributed by atoms with Gasteiger partial charge < -0.3 is 19.3 Å². The van der Waals surface area contributed by atoms with E-state index in [0.29, 0.717) is 11.5 Å². The van der Waals surface area contributed by atoms with Crippen LogP contribution in [0.15, 0.2) is 6.33 Å². The lowest BCUT2D eigenvalue weighted by atomic mass is 10.1. The topological polar surface area (TPSA) is 91.5 Å². The van der Waals surface area contributed by atoms with Crippen molar-refractivity contribution in [2.45, 2.75) is 58.0 Å². The molecule has 0 saturated carbocycles. The van der Waals surface area contributed by atoms with Crippen LogP contribution in [0, 0.1) is 13.8 Å². The lowest BCUT2D eigenvalue weighted by molar-refractivity contribution is -0.199. The molecule has 2 aliphatic heterocycles. The van der Waals surface area contributed by atoms with Crippen LogP contribution in [0.1, 0.15) is 31.6 Å². The average Bonchev–Trinajstić information content (AvgIpc) is 3.09. The molecule has 0 aliphatic carbocycles. The predicted octanol–water partition coefficient (Wildman–Crippen LogP) is 0.853. The van der Waals surface area contributed by atoms with Crippen LogP contribution in [0.5, 0.6) is 0 Å². The minimum atomic E-state index is -0.706. The fourth-order valence-electron chi connectivity index (χ4n) is 3.41. The Hall–Kier alpha value is -1.61. The monoisotopic (exact) mass is 320 g/mol. The molecule has 2 aromatic rings. The summed E-state index contributed by atoms with van der Waals surface area (Å²) < 4.78 is 19.7. The highest BCUT2D eigenvalue weighted by Gasteiger charge is 2.55. The molecule has 0 aromatic carbocycles. The van der Waals surface area contributed by atoms with Crippen LogP contribution in [-0.2, 0) is 14.2 Å². The van der Waals surface area contributed by atoms with Crippen LogP contribution in [-0.4, -0.2) is 55.3 Å². The minimum Gasteiger partial charge on any atom is -0.394 e. The summed E-state index contributed by atoms with van der Waals surface area (Å²) in [6, 6.07) is 0. The van der Waals surface area contributed by atoms with Crippen molar-refractivity contribution in [1.29, 1.82) is 0 Å². The predicted molar refractivity (Wildman–Crippen MR) is 79.6 cm³/mol. The Balaban J connectivity index is 1.79. The summed E-state index contributed by atoms with van der Waals surface area (Å²) in [7, 11) is 0. The molecule has 0 spiro atoms. The maximum Gasteiger partial charge on any atom is 0.166 e. The van der Waals surface area contributed by atoms with Gasteiger partial charge in [-0.25, -0.2) is 15.0 Å². The summed E-state index contributed by atoms with van der Waals surface area (Å²) in [5.41, 5.74) is 2.26. The summed E-state index contributed by atoms with van der Waals surface area (Å²) in [5.74, 6) is -0.0314. The molecule has 8 nitrogen and oxygen atoms in total. The highest BCUT2D eigenvalue weighted by molar-refractivity contribution is 5.73. The largest absolute Gasteiger partial charge is 0.394 e. The first kappa shape index (κ1) is 14.9. The van der Waals surface area contributed by atoms with Gasteiger partial charge in [0.05, 0.1) is 18.6 Å². The van der Waals surface area contributed by atoms with Crippen molar-refractivity contribution in [1.82, 2.24) is 19.5 Å². The van der Waals surface area contributed by atoms with Crippen LogP contribution in [0.4, 0.5) is 0 Å². The van der Waals surface area contributed by atoms with Gasteiger partial charge in [0, 0.05) is 0 Å². The lowest BCUT2D eigenvalue weighted by Gasteiger charge is -2.24. The number of aromatic nitrogens is 4. The molecule has 4 unspecified atom stereocenters. The van der Waals surface area contributed by atoms with Crippen molar-refractivity contribution in [3.8, 4) is 0 Å². The van der Waals surface area contributed by atoms with Crippen LogP contribution in [0.3, 0.4) is 0 Å². The Kier molecular flexibility index (Phi) is 3.21. The van der Waals surface area contributed by atoms with Crippen LogP contribution in [0.2, 0.25) is 0 Å². The first-order chi connectivity index (χ1) is 10.9. The molecule has 2 aromatic heterocycles. The van der Waals surface area contributed by atoms with E-state index in [0.717, 1.165) is 11.2 Å². The number of rotatable bonds is 2. The Labute approximate surface area is 133 Å². The molecule has 2 fully saturated rings. The number of fused-ring (bicyclic) bond motifs is 2. The summed E-state index contributed by atoms with van der Waals surface area (Å²) in [6.45, 7) is 7.34. The molecule has 8 heteroatoms. The molecule has 0 amide bonds. The smallest absolute Gasteiger partial charge is 0.166 e. The van der Waals surface area contributed by atoms with Gasteiger partial charge in [-0.1, -0.05) is 0 Å². The molecule has 2 aliphatic rings. The maximum atomic E-state index is 9.59. The fraction of sp³-hybridized carbons (Fsp3) is 0.667. The zero-order valence-corrected chi connectivity index (χ0v) is 13.6. The van der Waals surface area contributed by atoms with E-state index in [2.05, 4.69) is 15.0 Å². The molecule has 4 rings (SSSR count). The number of ether oxygens (including phenoxy) is 3. The second-order valence-electron chi connectivity index (χ2n) is 6.49. The molecule has 124 valence electrons. The quantitative estimate of drug-likeness (QED) is 0.877. The van der Waals surface area contributed by atoms with E-state index in [-0.39, 0.29) is 18.8 Å². The molecule has 0 bridgehead atoms. The highest BCUT2D eigenvalue weighted by Crippen LogP contribution is 2.43. The van der Waals surface area contributed by atoms with E-state index in [1.165, 1.54) is 0 Å². The van der Waals surface area contributed by atoms with E-state index >= 15 is 0 Å². The molecule has 23 heavy (non-hydrogen) atoms. The first-order valence-corrected chi connectivity index (χ1v) is 7.69. The SMILES string of the molecule is Cc1nc(C)c2ncn(C3OC(CO)C4OC(C)(C)OC43)c2n1. The van der Waals surface area contributed by atoms with Gasteiger partial charge in [-0.05, 0) is 27.7 Å². The third-order valence-corrected chi connectivity index (χ3v) is 4.29. The number of hydrogen-bond acceptors (Lipinski definition) is 7. The van der Waals surface area contributed by atoms with Crippen molar-refractivity contribution < 1.29 is 19.3 Å². The van der Waals surface area contributed by atoms with Crippen molar-refractivity contribution >= 4 is 11.2 Å².